The first-order valence-corrected chi connectivity index (χ1v) is 12.1. The van der Waals surface area contributed by atoms with Crippen molar-refractivity contribution in [2.45, 2.75) is 25.4 Å². The normalized spacial score (nSPS) is 15.3. The van der Waals surface area contributed by atoms with Gasteiger partial charge in [0, 0.05) is 61.3 Å². The standard InChI is InChI=1S/C29H28F3N3O/c1-20-9-11-21(12-10-20)25(26-19-33-27-8-3-2-7-24(26)27)18-28(36)35-15-13-34(14-16-35)23-6-4-5-22(17-23)29(30,31)32/h2-12,17,19,25,33H,13-16,18H2,1H3/t25-/m1/s1. The molecule has 4 nitrogen and oxygen atoms in total. The zero-order valence-electron chi connectivity index (χ0n) is 20.1. The van der Waals surface area contributed by atoms with Crippen LogP contribution >= 0.6 is 0 Å². The van der Waals surface area contributed by atoms with Crippen molar-refractivity contribution in [2.24, 2.45) is 0 Å². The van der Waals surface area contributed by atoms with Gasteiger partial charge in [-0.1, -0.05) is 54.1 Å². The van der Waals surface area contributed by atoms with Gasteiger partial charge < -0.3 is 14.8 Å². The Morgan fingerprint density at radius 1 is 0.944 bits per heavy atom. The molecule has 0 saturated carbocycles. The Labute approximate surface area is 208 Å². The van der Waals surface area contributed by atoms with E-state index in [1.807, 2.05) is 41.1 Å². The zero-order chi connectivity index (χ0) is 25.3. The molecule has 186 valence electrons. The number of carbonyl (C=O) groups excluding carboxylic acids is 1. The molecule has 7 heteroatoms. The molecule has 36 heavy (non-hydrogen) atoms. The number of nitrogens with one attached hydrogen (secondary N) is 1. The van der Waals surface area contributed by atoms with Crippen molar-refractivity contribution in [3.63, 3.8) is 0 Å². The Kier molecular flexibility index (Phi) is 6.48. The predicted octanol–water partition coefficient (Wildman–Crippen LogP) is 6.37. The molecule has 0 unspecified atom stereocenters. The minimum Gasteiger partial charge on any atom is -0.368 e. The van der Waals surface area contributed by atoms with Gasteiger partial charge >= 0.3 is 6.18 Å². The highest BCUT2D eigenvalue weighted by atomic mass is 19.4. The summed E-state index contributed by atoms with van der Waals surface area (Å²) in [5.41, 5.74) is 4.25. The summed E-state index contributed by atoms with van der Waals surface area (Å²) in [4.78, 5) is 20.5. The number of fused-ring (bicyclic) bond motifs is 1. The van der Waals surface area contributed by atoms with Crippen LogP contribution in [0.5, 0.6) is 0 Å². The first-order chi connectivity index (χ1) is 17.3. The Bertz CT molecular complexity index is 1350. The Balaban J connectivity index is 1.32. The number of aromatic nitrogens is 1. The van der Waals surface area contributed by atoms with Gasteiger partial charge in [0.1, 0.15) is 0 Å². The number of nitrogens with zero attached hydrogens (tertiary/aromatic N) is 2. The van der Waals surface area contributed by atoms with Crippen LogP contribution in [0.3, 0.4) is 0 Å². The molecule has 4 aromatic rings. The molecule has 1 amide bonds. The van der Waals surface area contributed by atoms with Crippen molar-refractivity contribution in [1.29, 1.82) is 0 Å². The molecular weight excluding hydrogens is 463 g/mol. The highest BCUT2D eigenvalue weighted by Gasteiger charge is 2.31. The first kappa shape index (κ1) is 24.0. The minimum atomic E-state index is -4.37. The third-order valence-corrected chi connectivity index (χ3v) is 7.03. The molecule has 0 bridgehead atoms. The van der Waals surface area contributed by atoms with Crippen LogP contribution < -0.4 is 4.90 Å². The predicted molar refractivity (Wildman–Crippen MR) is 136 cm³/mol. The lowest BCUT2D eigenvalue weighted by Crippen LogP contribution is -2.49. The van der Waals surface area contributed by atoms with E-state index < -0.39 is 11.7 Å². The van der Waals surface area contributed by atoms with E-state index in [0.29, 0.717) is 38.3 Å². The van der Waals surface area contributed by atoms with E-state index in [-0.39, 0.29) is 11.8 Å². The molecule has 1 aliphatic heterocycles. The molecule has 1 saturated heterocycles. The second-order valence-corrected chi connectivity index (χ2v) is 9.37. The molecule has 2 heterocycles. The molecule has 3 aromatic carbocycles. The van der Waals surface area contributed by atoms with E-state index in [4.69, 9.17) is 0 Å². The maximum absolute atomic E-state index is 13.5. The molecule has 0 aliphatic carbocycles. The highest BCUT2D eigenvalue weighted by Crippen LogP contribution is 2.35. The maximum atomic E-state index is 13.5. The summed E-state index contributed by atoms with van der Waals surface area (Å²) in [5, 5.41) is 1.10. The number of aromatic amines is 1. The third-order valence-electron chi connectivity index (χ3n) is 7.03. The topological polar surface area (TPSA) is 39.3 Å². The van der Waals surface area contributed by atoms with Crippen LogP contribution in [0.15, 0.2) is 79.0 Å². The van der Waals surface area contributed by atoms with Gasteiger partial charge in [-0.15, -0.1) is 0 Å². The van der Waals surface area contributed by atoms with Crippen LogP contribution in [0.2, 0.25) is 0 Å². The largest absolute Gasteiger partial charge is 0.416 e. The fourth-order valence-electron chi connectivity index (χ4n) is 4.99. The van der Waals surface area contributed by atoms with Crippen LogP contribution in [0.25, 0.3) is 10.9 Å². The number of aryl methyl sites for hydroxylation is 1. The number of hydrogen-bond acceptors (Lipinski definition) is 2. The van der Waals surface area contributed by atoms with Gasteiger partial charge in [-0.3, -0.25) is 4.79 Å². The van der Waals surface area contributed by atoms with Gasteiger partial charge in [0.15, 0.2) is 0 Å². The lowest BCUT2D eigenvalue weighted by molar-refractivity contribution is -0.137. The summed E-state index contributed by atoms with van der Waals surface area (Å²) in [6.07, 6.45) is -2.05. The second-order valence-electron chi connectivity index (χ2n) is 9.37. The molecule has 0 radical (unpaired) electrons. The number of H-pyrrole nitrogens is 1. The summed E-state index contributed by atoms with van der Waals surface area (Å²) in [7, 11) is 0. The van der Waals surface area contributed by atoms with Crippen LogP contribution in [0.4, 0.5) is 18.9 Å². The third kappa shape index (κ3) is 4.96. The molecular formula is C29H28F3N3O. The SMILES string of the molecule is Cc1ccc([C@@H](CC(=O)N2CCN(c3cccc(C(F)(F)F)c3)CC2)c2c[nH]c3ccccc23)cc1. The summed E-state index contributed by atoms with van der Waals surface area (Å²) in [6.45, 7) is 3.98. The number of alkyl halides is 3. The van der Waals surface area contributed by atoms with Crippen molar-refractivity contribution in [1.82, 2.24) is 9.88 Å². The molecule has 1 fully saturated rings. The average Bonchev–Trinajstić information content (AvgIpc) is 3.31. The van der Waals surface area contributed by atoms with Crippen LogP contribution in [0, 0.1) is 6.92 Å². The fraction of sp³-hybridized carbons (Fsp3) is 0.276. The van der Waals surface area contributed by atoms with Gasteiger partial charge in [0.2, 0.25) is 5.91 Å². The Morgan fingerprint density at radius 3 is 2.39 bits per heavy atom. The van der Waals surface area contributed by atoms with Crippen LogP contribution in [0.1, 0.15) is 34.6 Å². The number of anilines is 1. The smallest absolute Gasteiger partial charge is 0.368 e. The fourth-order valence-corrected chi connectivity index (χ4v) is 4.99. The zero-order valence-corrected chi connectivity index (χ0v) is 20.1. The number of para-hydroxylation sites is 1. The minimum absolute atomic E-state index is 0.0505. The number of halogens is 3. The number of carbonyl (C=O) groups is 1. The van der Waals surface area contributed by atoms with E-state index in [1.165, 1.54) is 12.1 Å². The van der Waals surface area contributed by atoms with Gasteiger partial charge in [0.25, 0.3) is 0 Å². The first-order valence-electron chi connectivity index (χ1n) is 12.1. The number of amides is 1. The van der Waals surface area contributed by atoms with Gasteiger partial charge in [0.05, 0.1) is 5.56 Å². The van der Waals surface area contributed by atoms with E-state index >= 15 is 0 Å². The van der Waals surface area contributed by atoms with Crippen LogP contribution in [-0.2, 0) is 11.0 Å². The Morgan fingerprint density at radius 2 is 1.67 bits per heavy atom. The van der Waals surface area contributed by atoms with E-state index in [0.717, 1.165) is 33.7 Å². The number of hydrogen-bond donors (Lipinski definition) is 1. The van der Waals surface area contributed by atoms with Crippen molar-refractivity contribution < 1.29 is 18.0 Å². The van der Waals surface area contributed by atoms with Crippen molar-refractivity contribution >= 4 is 22.5 Å². The summed E-state index contributed by atoms with van der Waals surface area (Å²) in [5.74, 6) is -0.0507. The van der Waals surface area contributed by atoms with Gasteiger partial charge in [-0.2, -0.15) is 13.2 Å². The van der Waals surface area contributed by atoms with Crippen LogP contribution in [-0.4, -0.2) is 42.0 Å². The molecule has 0 spiro atoms. The van der Waals surface area contributed by atoms with Gasteiger partial charge in [-0.25, -0.2) is 0 Å². The molecule has 1 atom stereocenters. The molecule has 1 aromatic heterocycles. The number of rotatable bonds is 5. The van der Waals surface area contributed by atoms with Gasteiger partial charge in [-0.05, 0) is 42.3 Å². The van der Waals surface area contributed by atoms with E-state index in [1.54, 1.807) is 6.07 Å². The highest BCUT2D eigenvalue weighted by molar-refractivity contribution is 5.86. The molecule has 5 rings (SSSR count). The molecule has 1 aliphatic rings. The lowest BCUT2D eigenvalue weighted by Gasteiger charge is -2.37. The Hall–Kier alpha value is -3.74. The lowest BCUT2D eigenvalue weighted by atomic mass is 9.87. The summed E-state index contributed by atoms with van der Waals surface area (Å²) < 4.78 is 39.4. The van der Waals surface area contributed by atoms with E-state index in [9.17, 15) is 18.0 Å². The van der Waals surface area contributed by atoms with Crippen molar-refractivity contribution in [3.8, 4) is 0 Å². The monoisotopic (exact) mass is 491 g/mol. The second kappa shape index (κ2) is 9.72. The molecule has 1 N–H and O–H groups in total. The maximum Gasteiger partial charge on any atom is 0.416 e. The number of benzene rings is 3. The summed E-state index contributed by atoms with van der Waals surface area (Å²) >= 11 is 0. The number of piperazine rings is 1. The van der Waals surface area contributed by atoms with Crippen molar-refractivity contribution in [2.75, 3.05) is 31.1 Å². The van der Waals surface area contributed by atoms with Crippen molar-refractivity contribution in [3.05, 3.63) is 101 Å². The quantitative estimate of drug-likeness (QED) is 0.353. The summed E-state index contributed by atoms with van der Waals surface area (Å²) in [6, 6.07) is 21.8. The van der Waals surface area contributed by atoms with E-state index in [2.05, 4.69) is 35.3 Å². The average molecular weight is 492 g/mol.